The van der Waals surface area contributed by atoms with Crippen LogP contribution in [0.25, 0.3) is 0 Å². The molecule has 1 aromatic rings. The number of benzene rings is 1. The van der Waals surface area contributed by atoms with Crippen molar-refractivity contribution in [2.24, 2.45) is 5.92 Å². The van der Waals surface area contributed by atoms with E-state index >= 15 is 0 Å². The SMILES string of the molecule is CC(C)CN1CCN(C(=O)C(C)Sc2ccc([N+](=O)[O-])cc2)CC1. The predicted molar refractivity (Wildman–Crippen MR) is 96.3 cm³/mol. The van der Waals surface area contributed by atoms with Crippen molar-refractivity contribution in [3.8, 4) is 0 Å². The minimum atomic E-state index is -0.417. The van der Waals surface area contributed by atoms with Gasteiger partial charge in [0.15, 0.2) is 0 Å². The van der Waals surface area contributed by atoms with E-state index in [2.05, 4.69) is 18.7 Å². The summed E-state index contributed by atoms with van der Waals surface area (Å²) in [5.74, 6) is 0.784. The van der Waals surface area contributed by atoms with Gasteiger partial charge in [0, 0.05) is 49.8 Å². The maximum atomic E-state index is 12.6. The Balaban J connectivity index is 1.85. The molecule has 0 aromatic heterocycles. The van der Waals surface area contributed by atoms with E-state index in [0.29, 0.717) is 5.92 Å². The lowest BCUT2D eigenvalue weighted by molar-refractivity contribution is -0.384. The number of hydrogen-bond acceptors (Lipinski definition) is 5. The number of non-ortho nitro benzene ring substituents is 1. The third-order valence-corrected chi connectivity index (χ3v) is 5.11. The molecule has 0 saturated carbocycles. The highest BCUT2D eigenvalue weighted by atomic mass is 32.2. The molecule has 1 unspecified atom stereocenters. The van der Waals surface area contributed by atoms with Crippen LogP contribution in [-0.2, 0) is 4.79 Å². The topological polar surface area (TPSA) is 66.7 Å². The van der Waals surface area contributed by atoms with Crippen LogP contribution in [0, 0.1) is 16.0 Å². The van der Waals surface area contributed by atoms with Crippen molar-refractivity contribution in [1.29, 1.82) is 0 Å². The Morgan fingerprint density at radius 2 is 1.75 bits per heavy atom. The summed E-state index contributed by atoms with van der Waals surface area (Å²) in [6, 6.07) is 6.36. The lowest BCUT2D eigenvalue weighted by atomic mass is 10.2. The quantitative estimate of drug-likeness (QED) is 0.448. The normalized spacial score (nSPS) is 17.1. The molecule has 0 aliphatic carbocycles. The molecule has 1 heterocycles. The van der Waals surface area contributed by atoms with Gasteiger partial charge in [-0.3, -0.25) is 19.8 Å². The van der Waals surface area contributed by atoms with Crippen molar-refractivity contribution in [3.63, 3.8) is 0 Å². The lowest BCUT2D eigenvalue weighted by Gasteiger charge is -2.36. The Morgan fingerprint density at radius 1 is 1.17 bits per heavy atom. The summed E-state index contributed by atoms with van der Waals surface area (Å²) in [5.41, 5.74) is 0.0691. The summed E-state index contributed by atoms with van der Waals surface area (Å²) in [6.45, 7) is 10.8. The van der Waals surface area contributed by atoms with Crippen LogP contribution in [-0.4, -0.2) is 58.6 Å². The fourth-order valence-corrected chi connectivity index (χ4v) is 3.78. The highest BCUT2D eigenvalue weighted by Crippen LogP contribution is 2.26. The summed E-state index contributed by atoms with van der Waals surface area (Å²) in [6.07, 6.45) is 0. The number of nitro benzene ring substituents is 1. The van der Waals surface area contributed by atoms with Crippen LogP contribution in [0.15, 0.2) is 29.2 Å². The van der Waals surface area contributed by atoms with Gasteiger partial charge in [0.2, 0.25) is 5.91 Å². The van der Waals surface area contributed by atoms with E-state index in [1.54, 1.807) is 12.1 Å². The van der Waals surface area contributed by atoms with E-state index in [1.165, 1.54) is 23.9 Å². The van der Waals surface area contributed by atoms with Gasteiger partial charge in [-0.05, 0) is 25.0 Å². The average Bonchev–Trinajstić information content (AvgIpc) is 2.54. The van der Waals surface area contributed by atoms with Crippen LogP contribution in [0.5, 0.6) is 0 Å². The minimum absolute atomic E-state index is 0.0691. The Hall–Kier alpha value is -1.60. The molecular weight excluding hydrogens is 326 g/mol. The molecule has 6 nitrogen and oxygen atoms in total. The second-order valence-electron chi connectivity index (χ2n) is 6.53. The first kappa shape index (κ1) is 18.7. The molecule has 1 aromatic carbocycles. The molecule has 2 rings (SSSR count). The summed E-state index contributed by atoms with van der Waals surface area (Å²) >= 11 is 1.45. The van der Waals surface area contributed by atoms with E-state index < -0.39 is 4.92 Å². The Kier molecular flexibility index (Phi) is 6.62. The summed E-state index contributed by atoms with van der Waals surface area (Å²) in [7, 11) is 0. The number of carbonyl (C=O) groups is 1. The molecule has 132 valence electrons. The van der Waals surface area contributed by atoms with E-state index in [1.807, 2.05) is 11.8 Å². The molecule has 7 heteroatoms. The van der Waals surface area contributed by atoms with Crippen LogP contribution in [0.4, 0.5) is 5.69 Å². The van der Waals surface area contributed by atoms with Crippen LogP contribution < -0.4 is 0 Å². The molecule has 0 spiro atoms. The van der Waals surface area contributed by atoms with Gasteiger partial charge in [-0.15, -0.1) is 11.8 Å². The molecule has 0 N–H and O–H groups in total. The maximum absolute atomic E-state index is 12.6. The average molecular weight is 351 g/mol. The van der Waals surface area contributed by atoms with E-state index in [4.69, 9.17) is 0 Å². The Bertz CT molecular complexity index is 569. The molecule has 0 radical (unpaired) electrons. The highest BCUT2D eigenvalue weighted by molar-refractivity contribution is 8.00. The van der Waals surface area contributed by atoms with Crippen molar-refractivity contribution in [2.45, 2.75) is 30.9 Å². The van der Waals surface area contributed by atoms with Crippen LogP contribution in [0.2, 0.25) is 0 Å². The summed E-state index contributed by atoms with van der Waals surface area (Å²) < 4.78 is 0. The van der Waals surface area contributed by atoms with Crippen molar-refractivity contribution in [3.05, 3.63) is 34.4 Å². The highest BCUT2D eigenvalue weighted by Gasteiger charge is 2.25. The third kappa shape index (κ3) is 5.21. The van der Waals surface area contributed by atoms with Gasteiger partial charge >= 0.3 is 0 Å². The van der Waals surface area contributed by atoms with Gasteiger partial charge in [0.1, 0.15) is 0 Å². The fourth-order valence-electron chi connectivity index (χ4n) is 2.83. The number of nitro groups is 1. The van der Waals surface area contributed by atoms with Crippen molar-refractivity contribution in [2.75, 3.05) is 32.7 Å². The second-order valence-corrected chi connectivity index (χ2v) is 7.95. The van der Waals surface area contributed by atoms with Crippen molar-refractivity contribution < 1.29 is 9.72 Å². The number of thioether (sulfide) groups is 1. The number of amides is 1. The first-order valence-corrected chi connectivity index (χ1v) is 9.17. The molecule has 1 aliphatic rings. The zero-order valence-electron chi connectivity index (χ0n) is 14.5. The molecule has 24 heavy (non-hydrogen) atoms. The molecule has 1 fully saturated rings. The number of rotatable bonds is 6. The molecule has 1 aliphatic heterocycles. The van der Waals surface area contributed by atoms with Gasteiger partial charge in [-0.1, -0.05) is 13.8 Å². The van der Waals surface area contributed by atoms with Crippen LogP contribution in [0.1, 0.15) is 20.8 Å². The zero-order chi connectivity index (χ0) is 17.7. The summed E-state index contributed by atoms with van der Waals surface area (Å²) in [5, 5.41) is 10.5. The third-order valence-electron chi connectivity index (χ3n) is 4.02. The van der Waals surface area contributed by atoms with E-state index in [0.717, 1.165) is 37.6 Å². The smallest absolute Gasteiger partial charge is 0.269 e. The molecule has 1 saturated heterocycles. The number of piperazine rings is 1. The van der Waals surface area contributed by atoms with Crippen molar-refractivity contribution in [1.82, 2.24) is 9.80 Å². The van der Waals surface area contributed by atoms with Crippen LogP contribution in [0.3, 0.4) is 0 Å². The predicted octanol–water partition coefficient (Wildman–Crippen LogP) is 2.88. The van der Waals surface area contributed by atoms with E-state index in [-0.39, 0.29) is 16.8 Å². The molecule has 0 bridgehead atoms. The molecule has 1 amide bonds. The minimum Gasteiger partial charge on any atom is -0.339 e. The van der Waals surface area contributed by atoms with Gasteiger partial charge in [0.05, 0.1) is 10.2 Å². The van der Waals surface area contributed by atoms with Crippen molar-refractivity contribution >= 4 is 23.4 Å². The zero-order valence-corrected chi connectivity index (χ0v) is 15.3. The monoisotopic (exact) mass is 351 g/mol. The lowest BCUT2D eigenvalue weighted by Crippen LogP contribution is -2.51. The van der Waals surface area contributed by atoms with Gasteiger partial charge < -0.3 is 4.90 Å². The Labute approximate surface area is 147 Å². The van der Waals surface area contributed by atoms with Gasteiger partial charge in [0.25, 0.3) is 5.69 Å². The number of nitrogens with zero attached hydrogens (tertiary/aromatic N) is 3. The van der Waals surface area contributed by atoms with Crippen LogP contribution >= 0.6 is 11.8 Å². The molecular formula is C17H25N3O3S. The fraction of sp³-hybridized carbons (Fsp3) is 0.588. The largest absolute Gasteiger partial charge is 0.339 e. The Morgan fingerprint density at radius 3 is 2.25 bits per heavy atom. The number of carbonyl (C=O) groups excluding carboxylic acids is 1. The standard InChI is InChI=1S/C17H25N3O3S/c1-13(2)12-18-8-10-19(11-9-18)17(21)14(3)24-16-6-4-15(5-7-16)20(22)23/h4-7,13-14H,8-12H2,1-3H3. The number of hydrogen-bond donors (Lipinski definition) is 0. The van der Waals surface area contributed by atoms with Gasteiger partial charge in [-0.25, -0.2) is 0 Å². The molecule has 1 atom stereocenters. The first-order chi connectivity index (χ1) is 11.4. The first-order valence-electron chi connectivity index (χ1n) is 8.29. The second kappa shape index (κ2) is 8.48. The van der Waals surface area contributed by atoms with E-state index in [9.17, 15) is 14.9 Å². The summed E-state index contributed by atoms with van der Waals surface area (Å²) in [4.78, 5) is 28.1. The van der Waals surface area contributed by atoms with Gasteiger partial charge in [-0.2, -0.15) is 0 Å². The maximum Gasteiger partial charge on any atom is 0.269 e.